The van der Waals surface area contributed by atoms with Crippen molar-refractivity contribution in [2.75, 3.05) is 10.6 Å². The number of hydrogen-bond donors (Lipinski definition) is 3. The topological polar surface area (TPSA) is 127 Å². The number of aromatic nitrogens is 2. The second-order valence-corrected chi connectivity index (χ2v) is 7.20. The standard InChI is InChI=1S/C14H17N5O3S2/c1-7(2)9-5-16-13(24-9)18-11(21)3-8-6-23-14(17-8)19-12(22)4-10(15)20/h5-7H,3-4H2,1-2H3,(H2,15,20)(H,16,18,21)(H,17,19,22). The molecule has 2 aromatic rings. The van der Waals surface area contributed by atoms with Gasteiger partial charge in [-0.2, -0.15) is 0 Å². The first-order valence-corrected chi connectivity index (χ1v) is 8.81. The lowest BCUT2D eigenvalue weighted by atomic mass is 10.2. The van der Waals surface area contributed by atoms with Gasteiger partial charge in [0.25, 0.3) is 0 Å². The van der Waals surface area contributed by atoms with Crippen LogP contribution in [0, 0.1) is 0 Å². The molecule has 2 heterocycles. The Morgan fingerprint density at radius 1 is 1.21 bits per heavy atom. The zero-order valence-electron chi connectivity index (χ0n) is 13.2. The predicted octanol–water partition coefficient (Wildman–Crippen LogP) is 1.72. The van der Waals surface area contributed by atoms with Crippen LogP contribution in [-0.4, -0.2) is 27.7 Å². The fourth-order valence-electron chi connectivity index (χ4n) is 1.71. The molecule has 0 saturated carbocycles. The van der Waals surface area contributed by atoms with E-state index < -0.39 is 18.2 Å². The molecule has 0 spiro atoms. The number of nitrogens with two attached hydrogens (primary N) is 1. The smallest absolute Gasteiger partial charge is 0.235 e. The second kappa shape index (κ2) is 7.97. The van der Waals surface area contributed by atoms with E-state index in [1.807, 2.05) is 0 Å². The van der Waals surface area contributed by atoms with Gasteiger partial charge >= 0.3 is 0 Å². The minimum atomic E-state index is -0.715. The number of anilines is 2. The lowest BCUT2D eigenvalue weighted by Crippen LogP contribution is -2.21. The number of nitrogens with one attached hydrogen (secondary N) is 2. The molecule has 2 aromatic heterocycles. The van der Waals surface area contributed by atoms with E-state index in [0.717, 1.165) is 4.88 Å². The van der Waals surface area contributed by atoms with Crippen molar-refractivity contribution < 1.29 is 14.4 Å². The summed E-state index contributed by atoms with van der Waals surface area (Å²) in [5.74, 6) is -1.12. The van der Waals surface area contributed by atoms with Crippen LogP contribution in [0.25, 0.3) is 0 Å². The van der Waals surface area contributed by atoms with Crippen molar-refractivity contribution in [2.45, 2.75) is 32.6 Å². The maximum atomic E-state index is 12.0. The average molecular weight is 367 g/mol. The molecular formula is C14H17N5O3S2. The van der Waals surface area contributed by atoms with E-state index in [1.165, 1.54) is 22.7 Å². The normalized spacial score (nSPS) is 10.6. The van der Waals surface area contributed by atoms with E-state index in [1.54, 1.807) is 11.6 Å². The van der Waals surface area contributed by atoms with Crippen LogP contribution >= 0.6 is 22.7 Å². The predicted molar refractivity (Wildman–Crippen MR) is 93.1 cm³/mol. The van der Waals surface area contributed by atoms with Gasteiger partial charge in [-0.25, -0.2) is 9.97 Å². The van der Waals surface area contributed by atoms with E-state index >= 15 is 0 Å². The van der Waals surface area contributed by atoms with Crippen molar-refractivity contribution in [3.63, 3.8) is 0 Å². The average Bonchev–Trinajstić information content (AvgIpc) is 3.07. The van der Waals surface area contributed by atoms with Crippen molar-refractivity contribution in [3.05, 3.63) is 22.1 Å². The summed E-state index contributed by atoms with van der Waals surface area (Å²) in [5, 5.41) is 7.72. The quantitative estimate of drug-likeness (QED) is 0.642. The second-order valence-electron chi connectivity index (χ2n) is 5.28. The minimum absolute atomic E-state index is 0.0682. The Bertz CT molecular complexity index is 753. The lowest BCUT2D eigenvalue weighted by molar-refractivity contribution is -0.124. The van der Waals surface area contributed by atoms with Gasteiger partial charge in [0.15, 0.2) is 10.3 Å². The number of nitrogens with zero attached hydrogens (tertiary/aromatic N) is 2. The first-order valence-electron chi connectivity index (χ1n) is 7.11. The van der Waals surface area contributed by atoms with E-state index in [-0.39, 0.29) is 12.3 Å². The molecule has 0 bridgehead atoms. The molecule has 0 aromatic carbocycles. The summed E-state index contributed by atoms with van der Waals surface area (Å²) in [6.07, 6.45) is 1.41. The van der Waals surface area contributed by atoms with Gasteiger partial charge in [0.05, 0.1) is 12.1 Å². The van der Waals surface area contributed by atoms with Gasteiger partial charge < -0.3 is 16.4 Å². The lowest BCUT2D eigenvalue weighted by Gasteiger charge is -2.00. The van der Waals surface area contributed by atoms with E-state index in [2.05, 4.69) is 34.4 Å². The van der Waals surface area contributed by atoms with Crippen LogP contribution in [0.3, 0.4) is 0 Å². The van der Waals surface area contributed by atoms with Crippen LogP contribution < -0.4 is 16.4 Å². The van der Waals surface area contributed by atoms with Crippen LogP contribution in [0.15, 0.2) is 11.6 Å². The number of carbonyl (C=O) groups excluding carboxylic acids is 3. The molecule has 0 atom stereocenters. The number of thiazole rings is 2. The van der Waals surface area contributed by atoms with Crippen molar-refractivity contribution >= 4 is 50.7 Å². The molecule has 128 valence electrons. The number of rotatable bonds is 7. The third kappa shape index (κ3) is 5.39. The molecule has 3 amide bonds. The largest absolute Gasteiger partial charge is 0.369 e. The summed E-state index contributed by atoms with van der Waals surface area (Å²) < 4.78 is 0. The van der Waals surface area contributed by atoms with E-state index in [0.29, 0.717) is 21.9 Å². The van der Waals surface area contributed by atoms with Gasteiger partial charge in [0.2, 0.25) is 17.7 Å². The van der Waals surface area contributed by atoms with Crippen molar-refractivity contribution in [1.82, 2.24) is 9.97 Å². The van der Waals surface area contributed by atoms with Crippen LogP contribution in [0.2, 0.25) is 0 Å². The van der Waals surface area contributed by atoms with Gasteiger partial charge in [-0.3, -0.25) is 14.4 Å². The van der Waals surface area contributed by atoms with E-state index in [4.69, 9.17) is 5.73 Å². The highest BCUT2D eigenvalue weighted by Crippen LogP contribution is 2.25. The monoisotopic (exact) mass is 367 g/mol. The SMILES string of the molecule is CC(C)c1cnc(NC(=O)Cc2csc(NC(=O)CC(N)=O)n2)s1. The highest BCUT2D eigenvalue weighted by Gasteiger charge is 2.13. The molecular weight excluding hydrogens is 350 g/mol. The molecule has 4 N–H and O–H groups in total. The molecule has 0 radical (unpaired) electrons. The molecule has 0 aliphatic rings. The van der Waals surface area contributed by atoms with Crippen LogP contribution in [0.5, 0.6) is 0 Å². The molecule has 0 aliphatic heterocycles. The fourth-order valence-corrected chi connectivity index (χ4v) is 3.27. The van der Waals surface area contributed by atoms with Crippen LogP contribution in [0.1, 0.15) is 36.8 Å². The van der Waals surface area contributed by atoms with Crippen molar-refractivity contribution in [1.29, 1.82) is 0 Å². The molecule has 0 saturated heterocycles. The number of amides is 3. The molecule has 0 unspecified atom stereocenters. The van der Waals surface area contributed by atoms with E-state index in [9.17, 15) is 14.4 Å². The zero-order chi connectivity index (χ0) is 17.7. The Morgan fingerprint density at radius 2 is 1.92 bits per heavy atom. The van der Waals surface area contributed by atoms with Crippen LogP contribution in [0.4, 0.5) is 10.3 Å². The summed E-state index contributed by atoms with van der Waals surface area (Å²) in [6, 6.07) is 0. The van der Waals surface area contributed by atoms with Crippen LogP contribution in [-0.2, 0) is 20.8 Å². The summed E-state index contributed by atoms with van der Waals surface area (Å²) in [6.45, 7) is 4.12. The highest BCUT2D eigenvalue weighted by molar-refractivity contribution is 7.15. The van der Waals surface area contributed by atoms with Gasteiger partial charge in [-0.05, 0) is 5.92 Å². The van der Waals surface area contributed by atoms with Gasteiger partial charge in [0, 0.05) is 16.5 Å². The fraction of sp³-hybridized carbons (Fsp3) is 0.357. The first-order chi connectivity index (χ1) is 11.3. The summed E-state index contributed by atoms with van der Waals surface area (Å²) in [7, 11) is 0. The Labute approximate surface area is 146 Å². The van der Waals surface area contributed by atoms with Gasteiger partial charge in [0.1, 0.15) is 6.42 Å². The minimum Gasteiger partial charge on any atom is -0.369 e. The Kier molecular flexibility index (Phi) is 5.99. The molecule has 24 heavy (non-hydrogen) atoms. The third-order valence-corrected chi connectivity index (χ3v) is 4.83. The summed E-state index contributed by atoms with van der Waals surface area (Å²) >= 11 is 2.61. The summed E-state index contributed by atoms with van der Waals surface area (Å²) in [5.41, 5.74) is 5.46. The van der Waals surface area contributed by atoms with Crippen molar-refractivity contribution in [2.24, 2.45) is 5.73 Å². The number of hydrogen-bond acceptors (Lipinski definition) is 7. The van der Waals surface area contributed by atoms with Gasteiger partial charge in [-0.15, -0.1) is 22.7 Å². The molecule has 0 aliphatic carbocycles. The Balaban J connectivity index is 1.88. The number of carbonyl (C=O) groups is 3. The van der Waals surface area contributed by atoms with Gasteiger partial charge in [-0.1, -0.05) is 13.8 Å². The van der Waals surface area contributed by atoms with Crippen molar-refractivity contribution in [3.8, 4) is 0 Å². The molecule has 10 heteroatoms. The highest BCUT2D eigenvalue weighted by atomic mass is 32.1. The molecule has 8 nitrogen and oxygen atoms in total. The zero-order valence-corrected chi connectivity index (χ0v) is 14.8. The third-order valence-electron chi connectivity index (χ3n) is 2.81. The maximum Gasteiger partial charge on any atom is 0.235 e. The Hall–Kier alpha value is -2.33. The first kappa shape index (κ1) is 18.0. The molecule has 2 rings (SSSR count). The Morgan fingerprint density at radius 3 is 2.54 bits per heavy atom. The summed E-state index contributed by atoms with van der Waals surface area (Å²) in [4.78, 5) is 43.5. The maximum absolute atomic E-state index is 12.0. The molecule has 0 fully saturated rings. The number of primary amides is 1.